The van der Waals surface area contributed by atoms with E-state index in [-0.39, 0.29) is 23.7 Å². The van der Waals surface area contributed by atoms with Crippen LogP contribution in [0.5, 0.6) is 0 Å². The van der Waals surface area contributed by atoms with Gasteiger partial charge in [0.15, 0.2) is 0 Å². The summed E-state index contributed by atoms with van der Waals surface area (Å²) < 4.78 is 0. The normalized spacial score (nSPS) is 42.4. The first kappa shape index (κ1) is 13.5. The first-order valence-corrected chi connectivity index (χ1v) is 8.53. The summed E-state index contributed by atoms with van der Waals surface area (Å²) in [7, 11) is 0. The van der Waals surface area contributed by atoms with E-state index in [2.05, 4.69) is 24.3 Å². The van der Waals surface area contributed by atoms with Crippen molar-refractivity contribution < 1.29 is 9.90 Å². The molecule has 0 amide bonds. The minimum absolute atomic E-state index is 0.0819. The number of hydrogen-bond donors (Lipinski definition) is 1. The van der Waals surface area contributed by atoms with Crippen LogP contribution in [0.25, 0.3) is 0 Å². The fraction of sp³-hybridized carbons (Fsp3) is 0.632. The third kappa shape index (κ3) is 1.92. The second kappa shape index (κ2) is 4.95. The van der Waals surface area contributed by atoms with Crippen LogP contribution < -0.4 is 0 Å². The average Bonchev–Trinajstić information content (AvgIpc) is 2.50. The molecule has 1 aromatic rings. The van der Waals surface area contributed by atoms with Crippen LogP contribution in [0.15, 0.2) is 30.3 Å². The molecular formula is C19H24O2. The number of benzene rings is 1. The van der Waals surface area contributed by atoms with Crippen molar-refractivity contribution in [2.24, 2.45) is 17.8 Å². The molecule has 4 rings (SSSR count). The van der Waals surface area contributed by atoms with E-state index in [1.807, 2.05) is 6.07 Å². The Hall–Kier alpha value is -1.15. The summed E-state index contributed by atoms with van der Waals surface area (Å²) in [4.78, 5) is 12.9. The Morgan fingerprint density at radius 1 is 1.00 bits per heavy atom. The molecule has 21 heavy (non-hydrogen) atoms. The number of Topliss-reactive ketones (excluding diaryl/α,β-unsaturated/α-hetero) is 1. The lowest BCUT2D eigenvalue weighted by Gasteiger charge is -2.56. The molecule has 0 aromatic heterocycles. The highest BCUT2D eigenvalue weighted by Gasteiger charge is 2.59. The van der Waals surface area contributed by atoms with E-state index in [0.717, 1.165) is 38.5 Å². The van der Waals surface area contributed by atoms with E-state index in [1.165, 1.54) is 12.0 Å². The van der Waals surface area contributed by atoms with Crippen LogP contribution in [0.4, 0.5) is 0 Å². The molecule has 112 valence electrons. The molecule has 2 nitrogen and oxygen atoms in total. The van der Waals surface area contributed by atoms with Gasteiger partial charge >= 0.3 is 0 Å². The largest absolute Gasteiger partial charge is 0.389 e. The molecule has 0 spiro atoms. The van der Waals surface area contributed by atoms with E-state index in [1.54, 1.807) is 0 Å². The Morgan fingerprint density at radius 2 is 1.81 bits per heavy atom. The predicted molar refractivity (Wildman–Crippen MR) is 81.9 cm³/mol. The summed E-state index contributed by atoms with van der Waals surface area (Å²) in [5.74, 6) is 0.939. The molecule has 5 atom stereocenters. The maximum Gasteiger partial charge on any atom is 0.142 e. The average molecular weight is 284 g/mol. The van der Waals surface area contributed by atoms with E-state index in [4.69, 9.17) is 0 Å². The number of rotatable bonds is 1. The molecule has 0 unspecified atom stereocenters. The zero-order valence-electron chi connectivity index (χ0n) is 12.5. The van der Waals surface area contributed by atoms with Crippen LogP contribution in [0.1, 0.15) is 56.4 Å². The van der Waals surface area contributed by atoms with Gasteiger partial charge in [0.2, 0.25) is 0 Å². The SMILES string of the molecule is O=C1[C@@H]2CCC[C@@H]1[C@@]1(O)CCCC[C@@H]1[C@@H]2c1ccccc1. The smallest absolute Gasteiger partial charge is 0.142 e. The van der Waals surface area contributed by atoms with Gasteiger partial charge in [-0.1, -0.05) is 49.6 Å². The zero-order chi connectivity index (χ0) is 14.4. The second-order valence-corrected chi connectivity index (χ2v) is 7.27. The van der Waals surface area contributed by atoms with Crippen molar-refractivity contribution in [2.75, 3.05) is 0 Å². The Labute approximate surface area is 126 Å². The summed E-state index contributed by atoms with van der Waals surface area (Å²) >= 11 is 0. The lowest BCUT2D eigenvalue weighted by Crippen LogP contribution is -2.60. The van der Waals surface area contributed by atoms with Crippen LogP contribution in [-0.2, 0) is 4.79 Å². The summed E-state index contributed by atoms with van der Waals surface area (Å²) in [5.41, 5.74) is 0.536. The van der Waals surface area contributed by atoms with Gasteiger partial charge in [0.1, 0.15) is 5.78 Å². The van der Waals surface area contributed by atoms with Crippen LogP contribution in [0, 0.1) is 17.8 Å². The molecule has 2 bridgehead atoms. The third-order valence-corrected chi connectivity index (χ3v) is 6.36. The van der Waals surface area contributed by atoms with Crippen LogP contribution in [0.2, 0.25) is 0 Å². The Balaban J connectivity index is 1.82. The van der Waals surface area contributed by atoms with Gasteiger partial charge in [-0.05, 0) is 43.1 Å². The van der Waals surface area contributed by atoms with Crippen LogP contribution in [0.3, 0.4) is 0 Å². The van der Waals surface area contributed by atoms with Crippen molar-refractivity contribution in [3.63, 3.8) is 0 Å². The number of carbonyl (C=O) groups is 1. The molecule has 0 saturated heterocycles. The van der Waals surface area contributed by atoms with Crippen LogP contribution >= 0.6 is 0 Å². The van der Waals surface area contributed by atoms with Crippen molar-refractivity contribution in [1.29, 1.82) is 0 Å². The molecule has 2 heteroatoms. The number of ketones is 1. The quantitative estimate of drug-likeness (QED) is 0.854. The minimum atomic E-state index is -0.729. The highest BCUT2D eigenvalue weighted by atomic mass is 16.3. The van der Waals surface area contributed by atoms with Crippen molar-refractivity contribution in [2.45, 2.75) is 56.5 Å². The predicted octanol–water partition coefficient (Wildman–Crippen LogP) is 3.69. The molecule has 0 aliphatic heterocycles. The molecule has 0 radical (unpaired) electrons. The minimum Gasteiger partial charge on any atom is -0.389 e. The lowest BCUT2D eigenvalue weighted by atomic mass is 9.49. The molecular weight excluding hydrogens is 260 g/mol. The molecule has 3 fully saturated rings. The van der Waals surface area contributed by atoms with E-state index in [9.17, 15) is 9.90 Å². The van der Waals surface area contributed by atoms with Gasteiger partial charge in [-0.15, -0.1) is 0 Å². The Kier molecular flexibility index (Phi) is 3.18. The van der Waals surface area contributed by atoms with Gasteiger partial charge in [-0.3, -0.25) is 4.79 Å². The van der Waals surface area contributed by atoms with E-state index in [0.29, 0.717) is 5.78 Å². The van der Waals surface area contributed by atoms with Gasteiger partial charge in [-0.2, -0.15) is 0 Å². The highest BCUT2D eigenvalue weighted by Crippen LogP contribution is 2.57. The maximum absolute atomic E-state index is 12.9. The standard InChI is InChI=1S/C19H24O2/c20-18-14-9-6-11-16(18)19(21)12-5-4-10-15(19)17(14)13-7-2-1-3-8-13/h1-3,7-8,14-17,21H,4-6,9-12H2/t14-,15-,16+,17-,19-/m1/s1. The second-order valence-electron chi connectivity index (χ2n) is 7.27. The van der Waals surface area contributed by atoms with Crippen molar-refractivity contribution in [3.8, 4) is 0 Å². The third-order valence-electron chi connectivity index (χ3n) is 6.36. The van der Waals surface area contributed by atoms with E-state index >= 15 is 0 Å². The molecule has 3 aliphatic carbocycles. The monoisotopic (exact) mass is 284 g/mol. The fourth-order valence-corrected chi connectivity index (χ4v) is 5.49. The molecule has 1 N–H and O–H groups in total. The maximum atomic E-state index is 12.9. The Bertz CT molecular complexity index is 538. The number of fused-ring (bicyclic) bond motifs is 4. The summed E-state index contributed by atoms with van der Waals surface area (Å²) in [5, 5.41) is 11.4. The molecule has 3 aliphatic rings. The van der Waals surface area contributed by atoms with E-state index < -0.39 is 5.60 Å². The number of hydrogen-bond acceptors (Lipinski definition) is 2. The van der Waals surface area contributed by atoms with Gasteiger partial charge in [0.05, 0.1) is 5.60 Å². The number of carbonyl (C=O) groups excluding carboxylic acids is 1. The molecule has 3 saturated carbocycles. The lowest BCUT2D eigenvalue weighted by molar-refractivity contribution is -0.172. The van der Waals surface area contributed by atoms with Gasteiger partial charge in [0.25, 0.3) is 0 Å². The summed E-state index contributed by atoms with van der Waals surface area (Å²) in [6, 6.07) is 10.5. The number of aliphatic hydroxyl groups is 1. The van der Waals surface area contributed by atoms with Gasteiger partial charge < -0.3 is 5.11 Å². The first-order chi connectivity index (χ1) is 10.2. The zero-order valence-corrected chi connectivity index (χ0v) is 12.5. The topological polar surface area (TPSA) is 37.3 Å². The highest BCUT2D eigenvalue weighted by molar-refractivity contribution is 5.87. The molecule has 0 heterocycles. The van der Waals surface area contributed by atoms with Crippen molar-refractivity contribution >= 4 is 5.78 Å². The van der Waals surface area contributed by atoms with Crippen LogP contribution in [-0.4, -0.2) is 16.5 Å². The van der Waals surface area contributed by atoms with Gasteiger partial charge in [0, 0.05) is 11.8 Å². The van der Waals surface area contributed by atoms with Crippen molar-refractivity contribution in [3.05, 3.63) is 35.9 Å². The first-order valence-electron chi connectivity index (χ1n) is 8.53. The fourth-order valence-electron chi connectivity index (χ4n) is 5.49. The van der Waals surface area contributed by atoms with Gasteiger partial charge in [-0.25, -0.2) is 0 Å². The summed E-state index contributed by atoms with van der Waals surface area (Å²) in [6.45, 7) is 0. The summed E-state index contributed by atoms with van der Waals surface area (Å²) in [6.07, 6.45) is 7.19. The Morgan fingerprint density at radius 3 is 2.62 bits per heavy atom. The van der Waals surface area contributed by atoms with Crippen molar-refractivity contribution in [1.82, 2.24) is 0 Å². The molecule has 1 aromatic carbocycles.